The lowest BCUT2D eigenvalue weighted by Gasteiger charge is -2.36. The van der Waals surface area contributed by atoms with Crippen molar-refractivity contribution in [2.45, 2.75) is 45.1 Å². The minimum Gasteiger partial charge on any atom is -0.337 e. The van der Waals surface area contributed by atoms with Gasteiger partial charge in [-0.25, -0.2) is 0 Å². The second-order valence-corrected chi connectivity index (χ2v) is 7.77. The molecule has 2 saturated carbocycles. The summed E-state index contributed by atoms with van der Waals surface area (Å²) in [4.78, 5) is 15.2. The van der Waals surface area contributed by atoms with E-state index in [2.05, 4.69) is 24.1 Å². The third-order valence-corrected chi connectivity index (χ3v) is 6.57. The van der Waals surface area contributed by atoms with Gasteiger partial charge in [-0.1, -0.05) is 12.8 Å². The maximum absolute atomic E-state index is 12.9. The Bertz CT molecular complexity index is 394. The monoisotopic (exact) mass is 262 g/mol. The SMILES string of the molecule is CC1(C)C2CNCC2CN1C(=O)C1C2CCCCC21. The molecule has 4 atom stereocenters. The molecule has 4 unspecified atom stereocenters. The van der Waals surface area contributed by atoms with Crippen LogP contribution in [-0.2, 0) is 4.79 Å². The quantitative estimate of drug-likeness (QED) is 0.782. The van der Waals surface area contributed by atoms with Gasteiger partial charge in [-0.15, -0.1) is 0 Å². The molecule has 4 fully saturated rings. The van der Waals surface area contributed by atoms with Crippen molar-refractivity contribution in [2.24, 2.45) is 29.6 Å². The number of amides is 1. The van der Waals surface area contributed by atoms with Crippen LogP contribution in [0.1, 0.15) is 39.5 Å². The van der Waals surface area contributed by atoms with Crippen LogP contribution in [0.15, 0.2) is 0 Å². The minimum atomic E-state index is 0.0665. The van der Waals surface area contributed by atoms with Crippen molar-refractivity contribution >= 4 is 5.91 Å². The standard InChI is InChI=1S/C16H26N2O/c1-16(2)13-8-17-7-10(13)9-18(16)15(19)14-11-5-3-4-6-12(11)14/h10-14,17H,3-9H2,1-2H3. The van der Waals surface area contributed by atoms with Gasteiger partial charge in [0.1, 0.15) is 0 Å². The Morgan fingerprint density at radius 1 is 1.16 bits per heavy atom. The van der Waals surface area contributed by atoms with Gasteiger partial charge in [0, 0.05) is 31.1 Å². The highest BCUT2D eigenvalue weighted by atomic mass is 16.2. The smallest absolute Gasteiger partial charge is 0.226 e. The van der Waals surface area contributed by atoms with Gasteiger partial charge in [0.05, 0.1) is 0 Å². The molecule has 106 valence electrons. The van der Waals surface area contributed by atoms with Gasteiger partial charge in [-0.05, 0) is 50.4 Å². The van der Waals surface area contributed by atoms with Gasteiger partial charge in [-0.3, -0.25) is 4.79 Å². The summed E-state index contributed by atoms with van der Waals surface area (Å²) < 4.78 is 0. The summed E-state index contributed by atoms with van der Waals surface area (Å²) in [5, 5.41) is 3.50. The number of carbonyl (C=O) groups excluding carboxylic acids is 1. The first-order valence-electron chi connectivity index (χ1n) is 8.13. The average molecular weight is 262 g/mol. The lowest BCUT2D eigenvalue weighted by atomic mass is 9.84. The summed E-state index contributed by atoms with van der Waals surface area (Å²) in [7, 11) is 0. The molecular formula is C16H26N2O. The molecule has 1 N–H and O–H groups in total. The van der Waals surface area contributed by atoms with E-state index in [4.69, 9.17) is 0 Å². The van der Waals surface area contributed by atoms with Gasteiger partial charge >= 0.3 is 0 Å². The third-order valence-electron chi connectivity index (χ3n) is 6.57. The number of fused-ring (bicyclic) bond motifs is 2. The van der Waals surface area contributed by atoms with Crippen LogP contribution in [0.2, 0.25) is 0 Å². The van der Waals surface area contributed by atoms with E-state index in [0.29, 0.717) is 23.7 Å². The second kappa shape index (κ2) is 3.97. The van der Waals surface area contributed by atoms with Crippen LogP contribution in [-0.4, -0.2) is 36.0 Å². The van der Waals surface area contributed by atoms with Gasteiger partial charge < -0.3 is 10.2 Å². The predicted octanol–water partition coefficient (Wildman–Crippen LogP) is 1.88. The number of carbonyl (C=O) groups is 1. The lowest BCUT2D eigenvalue weighted by molar-refractivity contribution is -0.137. The number of nitrogens with one attached hydrogen (secondary N) is 1. The highest BCUT2D eigenvalue weighted by Gasteiger charge is 2.60. The van der Waals surface area contributed by atoms with Crippen molar-refractivity contribution in [1.82, 2.24) is 10.2 Å². The number of likely N-dealkylation sites (tertiary alicyclic amines) is 1. The van der Waals surface area contributed by atoms with Gasteiger partial charge in [0.25, 0.3) is 0 Å². The summed E-state index contributed by atoms with van der Waals surface area (Å²) in [6.45, 7) is 7.77. The van der Waals surface area contributed by atoms with Crippen molar-refractivity contribution in [3.8, 4) is 0 Å². The summed E-state index contributed by atoms with van der Waals surface area (Å²) in [5.41, 5.74) is 0.0665. The molecule has 0 aromatic carbocycles. The zero-order valence-electron chi connectivity index (χ0n) is 12.2. The van der Waals surface area contributed by atoms with Crippen LogP contribution in [0.25, 0.3) is 0 Å². The fraction of sp³-hybridized carbons (Fsp3) is 0.938. The Hall–Kier alpha value is -0.570. The first kappa shape index (κ1) is 12.2. The Morgan fingerprint density at radius 2 is 1.84 bits per heavy atom. The van der Waals surface area contributed by atoms with E-state index >= 15 is 0 Å². The molecule has 0 spiro atoms. The van der Waals surface area contributed by atoms with Crippen LogP contribution in [0.4, 0.5) is 0 Å². The minimum absolute atomic E-state index is 0.0665. The molecule has 2 aliphatic heterocycles. The highest BCUT2D eigenvalue weighted by Crippen LogP contribution is 2.57. The van der Waals surface area contributed by atoms with Crippen molar-refractivity contribution in [3.63, 3.8) is 0 Å². The summed E-state index contributed by atoms with van der Waals surface area (Å²) in [6.07, 6.45) is 5.32. The van der Waals surface area contributed by atoms with E-state index in [1.807, 2.05) is 0 Å². The summed E-state index contributed by atoms with van der Waals surface area (Å²) in [5.74, 6) is 3.74. The van der Waals surface area contributed by atoms with Crippen LogP contribution < -0.4 is 5.32 Å². The topological polar surface area (TPSA) is 32.3 Å². The third kappa shape index (κ3) is 1.63. The molecule has 3 heteroatoms. The molecule has 1 amide bonds. The van der Waals surface area contributed by atoms with E-state index in [-0.39, 0.29) is 5.54 Å². The maximum atomic E-state index is 12.9. The Labute approximate surface area is 116 Å². The zero-order chi connectivity index (χ0) is 13.2. The van der Waals surface area contributed by atoms with Crippen molar-refractivity contribution in [1.29, 1.82) is 0 Å². The maximum Gasteiger partial charge on any atom is 0.226 e. The molecule has 0 bridgehead atoms. The molecule has 4 aliphatic rings. The van der Waals surface area contributed by atoms with E-state index in [1.54, 1.807) is 0 Å². The van der Waals surface area contributed by atoms with Gasteiger partial charge in [-0.2, -0.15) is 0 Å². The first-order valence-corrected chi connectivity index (χ1v) is 8.13. The average Bonchev–Trinajstić information content (AvgIpc) is 2.80. The van der Waals surface area contributed by atoms with Crippen LogP contribution in [0.5, 0.6) is 0 Å². The van der Waals surface area contributed by atoms with Gasteiger partial charge in [0.2, 0.25) is 5.91 Å². The number of nitrogens with zero attached hydrogens (tertiary/aromatic N) is 1. The van der Waals surface area contributed by atoms with E-state index in [0.717, 1.165) is 31.5 Å². The fourth-order valence-corrected chi connectivity index (χ4v) is 5.33. The van der Waals surface area contributed by atoms with E-state index in [9.17, 15) is 4.79 Å². The number of hydrogen-bond acceptors (Lipinski definition) is 2. The van der Waals surface area contributed by atoms with Crippen molar-refractivity contribution in [3.05, 3.63) is 0 Å². The molecule has 4 rings (SSSR count). The molecule has 0 aromatic heterocycles. The second-order valence-electron chi connectivity index (χ2n) is 7.77. The molecule has 0 radical (unpaired) electrons. The molecule has 19 heavy (non-hydrogen) atoms. The largest absolute Gasteiger partial charge is 0.337 e. The molecule has 3 nitrogen and oxygen atoms in total. The van der Waals surface area contributed by atoms with Crippen LogP contribution in [0.3, 0.4) is 0 Å². The first-order chi connectivity index (χ1) is 9.10. The molecule has 0 aromatic rings. The van der Waals surface area contributed by atoms with E-state index in [1.165, 1.54) is 25.7 Å². The molecule has 2 heterocycles. The summed E-state index contributed by atoms with van der Waals surface area (Å²) in [6, 6.07) is 0. The molecule has 2 saturated heterocycles. The fourth-order valence-electron chi connectivity index (χ4n) is 5.33. The Balaban J connectivity index is 1.52. The number of rotatable bonds is 1. The van der Waals surface area contributed by atoms with Crippen molar-refractivity contribution in [2.75, 3.05) is 19.6 Å². The van der Waals surface area contributed by atoms with Crippen LogP contribution in [0, 0.1) is 29.6 Å². The summed E-state index contributed by atoms with van der Waals surface area (Å²) >= 11 is 0. The van der Waals surface area contributed by atoms with Crippen LogP contribution >= 0.6 is 0 Å². The normalized spacial score (nSPS) is 46.8. The molecular weight excluding hydrogens is 236 g/mol. The lowest BCUT2D eigenvalue weighted by Crippen LogP contribution is -2.48. The number of hydrogen-bond donors (Lipinski definition) is 1. The Kier molecular flexibility index (Phi) is 2.55. The zero-order valence-corrected chi connectivity index (χ0v) is 12.2. The van der Waals surface area contributed by atoms with Gasteiger partial charge in [0.15, 0.2) is 0 Å². The predicted molar refractivity (Wildman–Crippen MR) is 74.6 cm³/mol. The molecule has 2 aliphatic carbocycles. The van der Waals surface area contributed by atoms with Crippen molar-refractivity contribution < 1.29 is 4.79 Å². The van der Waals surface area contributed by atoms with E-state index < -0.39 is 0 Å². The Morgan fingerprint density at radius 3 is 2.47 bits per heavy atom. The highest BCUT2D eigenvalue weighted by molar-refractivity contribution is 5.83.